The van der Waals surface area contributed by atoms with Gasteiger partial charge in [0.2, 0.25) is 0 Å². The molecule has 0 aliphatic heterocycles. The van der Waals surface area contributed by atoms with E-state index in [1.165, 1.54) is 0 Å². The molecule has 7 nitrogen and oxygen atoms in total. The van der Waals surface area contributed by atoms with Gasteiger partial charge in [-0.3, -0.25) is 9.67 Å². The van der Waals surface area contributed by atoms with Gasteiger partial charge in [-0.15, -0.1) is 0 Å². The average Bonchev–Trinajstić information content (AvgIpc) is 3.10. The van der Waals surface area contributed by atoms with Crippen molar-refractivity contribution in [3.63, 3.8) is 0 Å². The minimum atomic E-state index is 0.646. The third kappa shape index (κ3) is 3.83. The molecule has 0 radical (unpaired) electrons. The van der Waals surface area contributed by atoms with E-state index in [9.17, 15) is 0 Å². The van der Waals surface area contributed by atoms with Gasteiger partial charge in [0.15, 0.2) is 11.6 Å². The van der Waals surface area contributed by atoms with Crippen molar-refractivity contribution in [2.24, 2.45) is 7.05 Å². The zero-order chi connectivity index (χ0) is 19.5. The minimum absolute atomic E-state index is 0.646. The van der Waals surface area contributed by atoms with Crippen LogP contribution < -0.4 is 10.1 Å². The number of nitrogens with zero attached hydrogens (tertiary/aromatic N) is 5. The zero-order valence-corrected chi connectivity index (χ0v) is 15.9. The molecular weight excluding hydrogens is 352 g/mol. The van der Waals surface area contributed by atoms with Gasteiger partial charge in [-0.2, -0.15) is 5.10 Å². The summed E-state index contributed by atoms with van der Waals surface area (Å²) in [5, 5.41) is 7.47. The molecule has 4 aromatic rings. The summed E-state index contributed by atoms with van der Waals surface area (Å²) in [5.41, 5.74) is 3.47. The summed E-state index contributed by atoms with van der Waals surface area (Å²) in [7, 11) is 1.87. The first-order valence-electron chi connectivity index (χ1n) is 8.89. The van der Waals surface area contributed by atoms with Gasteiger partial charge in [0.25, 0.3) is 0 Å². The summed E-state index contributed by atoms with van der Waals surface area (Å²) in [6, 6.07) is 13.2. The third-order valence-corrected chi connectivity index (χ3v) is 4.27. The van der Waals surface area contributed by atoms with E-state index in [1.807, 2.05) is 63.5 Å². The van der Waals surface area contributed by atoms with E-state index in [1.54, 1.807) is 23.1 Å². The van der Waals surface area contributed by atoms with Crippen LogP contribution in [0.2, 0.25) is 0 Å². The summed E-state index contributed by atoms with van der Waals surface area (Å²) < 4.78 is 7.90. The smallest absolute Gasteiger partial charge is 0.155 e. The van der Waals surface area contributed by atoms with Crippen molar-refractivity contribution >= 4 is 11.6 Å². The van der Waals surface area contributed by atoms with E-state index in [2.05, 4.69) is 20.4 Å². The lowest BCUT2D eigenvalue weighted by Gasteiger charge is -2.13. The van der Waals surface area contributed by atoms with Gasteiger partial charge in [-0.25, -0.2) is 9.97 Å². The molecule has 0 saturated heterocycles. The van der Waals surface area contributed by atoms with Gasteiger partial charge < -0.3 is 10.1 Å². The molecule has 0 aliphatic carbocycles. The maximum atomic E-state index is 6.18. The van der Waals surface area contributed by atoms with Crippen LogP contribution >= 0.6 is 0 Å². The zero-order valence-electron chi connectivity index (χ0n) is 15.9. The fourth-order valence-electron chi connectivity index (χ4n) is 2.73. The molecule has 0 amide bonds. The number of anilines is 2. The van der Waals surface area contributed by atoms with E-state index in [0.29, 0.717) is 28.8 Å². The highest BCUT2D eigenvalue weighted by Crippen LogP contribution is 2.33. The lowest BCUT2D eigenvalue weighted by Crippen LogP contribution is -1.99. The van der Waals surface area contributed by atoms with E-state index < -0.39 is 0 Å². The van der Waals surface area contributed by atoms with Crippen LogP contribution in [0.1, 0.15) is 11.3 Å². The number of hydrogen-bond acceptors (Lipinski definition) is 6. The molecule has 0 aliphatic rings. The second kappa shape index (κ2) is 7.48. The monoisotopic (exact) mass is 372 g/mol. The van der Waals surface area contributed by atoms with Crippen LogP contribution in [-0.4, -0.2) is 24.7 Å². The van der Waals surface area contributed by atoms with Gasteiger partial charge in [-0.05, 0) is 43.7 Å². The van der Waals surface area contributed by atoms with Crippen molar-refractivity contribution in [3.8, 4) is 22.9 Å². The Morgan fingerprint density at radius 1 is 0.964 bits per heavy atom. The lowest BCUT2D eigenvalue weighted by atomic mass is 10.1. The first kappa shape index (κ1) is 17.7. The highest BCUT2D eigenvalue weighted by atomic mass is 16.5. The quantitative estimate of drug-likeness (QED) is 0.559. The van der Waals surface area contributed by atoms with Gasteiger partial charge in [-0.1, -0.05) is 6.07 Å². The molecule has 0 aromatic carbocycles. The lowest BCUT2D eigenvalue weighted by molar-refractivity contribution is 0.481. The topological polar surface area (TPSA) is 77.8 Å². The maximum absolute atomic E-state index is 6.18. The van der Waals surface area contributed by atoms with Crippen LogP contribution in [0.25, 0.3) is 11.4 Å². The first-order chi connectivity index (χ1) is 13.6. The van der Waals surface area contributed by atoms with Crippen molar-refractivity contribution in [3.05, 3.63) is 72.3 Å². The van der Waals surface area contributed by atoms with Gasteiger partial charge in [0.05, 0.1) is 5.69 Å². The summed E-state index contributed by atoms with van der Waals surface area (Å²) >= 11 is 0. The fourth-order valence-corrected chi connectivity index (χ4v) is 2.73. The molecule has 4 heterocycles. The van der Waals surface area contributed by atoms with Gasteiger partial charge >= 0.3 is 0 Å². The molecule has 0 saturated carbocycles. The molecule has 4 rings (SSSR count). The Morgan fingerprint density at radius 2 is 1.86 bits per heavy atom. The molecule has 1 N–H and O–H groups in total. The first-order valence-corrected chi connectivity index (χ1v) is 8.89. The average molecular weight is 372 g/mol. The van der Waals surface area contributed by atoms with Crippen molar-refractivity contribution in [1.82, 2.24) is 24.7 Å². The van der Waals surface area contributed by atoms with Crippen LogP contribution in [0.5, 0.6) is 11.5 Å². The van der Waals surface area contributed by atoms with Crippen LogP contribution in [0.3, 0.4) is 0 Å². The summed E-state index contributed by atoms with van der Waals surface area (Å²) in [4.78, 5) is 13.4. The Hall–Kier alpha value is -3.74. The summed E-state index contributed by atoms with van der Waals surface area (Å²) in [6.45, 7) is 3.99. The van der Waals surface area contributed by atoms with Crippen molar-refractivity contribution in [2.75, 3.05) is 5.32 Å². The van der Waals surface area contributed by atoms with Crippen molar-refractivity contribution in [2.45, 2.75) is 13.8 Å². The molecule has 140 valence electrons. The predicted octanol–water partition coefficient (Wildman–Crippen LogP) is 4.42. The molecular formula is C21H20N6O. The van der Waals surface area contributed by atoms with Crippen LogP contribution in [0.15, 0.2) is 61.1 Å². The van der Waals surface area contributed by atoms with E-state index in [4.69, 9.17) is 9.72 Å². The molecule has 4 aromatic heterocycles. The fraction of sp³-hybridized carbons (Fsp3) is 0.143. The largest absolute Gasteiger partial charge is 0.455 e. The maximum Gasteiger partial charge on any atom is 0.155 e. The second-order valence-electron chi connectivity index (χ2n) is 6.43. The summed E-state index contributed by atoms with van der Waals surface area (Å²) in [6.07, 6.45) is 5.30. The van der Waals surface area contributed by atoms with Crippen LogP contribution in [0.4, 0.5) is 11.6 Å². The van der Waals surface area contributed by atoms with Crippen molar-refractivity contribution in [1.29, 1.82) is 0 Å². The number of pyridine rings is 3. The van der Waals surface area contributed by atoms with Gasteiger partial charge in [0.1, 0.15) is 17.3 Å². The number of aromatic nitrogens is 5. The van der Waals surface area contributed by atoms with E-state index >= 15 is 0 Å². The molecule has 0 fully saturated rings. The third-order valence-electron chi connectivity index (χ3n) is 4.27. The van der Waals surface area contributed by atoms with Crippen LogP contribution in [0, 0.1) is 13.8 Å². The Bertz CT molecular complexity index is 1110. The molecule has 0 unspecified atom stereocenters. The molecule has 0 spiro atoms. The van der Waals surface area contributed by atoms with E-state index in [-0.39, 0.29) is 0 Å². The standard InChI is InChI=1S/C21H20N6O/c1-14-12-18(21(24-15(14)2)17-6-4-5-9-22-17)28-16-7-10-23-20(13-16)25-19-8-11-27(3)26-19/h4-13H,1-3H3,(H,23,25,26). The highest BCUT2D eigenvalue weighted by molar-refractivity contribution is 5.64. The molecule has 7 heteroatoms. The minimum Gasteiger partial charge on any atom is -0.455 e. The Morgan fingerprint density at radius 3 is 2.61 bits per heavy atom. The van der Waals surface area contributed by atoms with Gasteiger partial charge in [0, 0.05) is 43.5 Å². The van der Waals surface area contributed by atoms with E-state index in [0.717, 1.165) is 17.0 Å². The number of rotatable bonds is 5. The SMILES string of the molecule is Cc1cc(Oc2ccnc(Nc3ccn(C)n3)c2)c(-c2ccccn2)nc1C. The highest BCUT2D eigenvalue weighted by Gasteiger charge is 2.13. The normalized spacial score (nSPS) is 10.7. The molecule has 0 atom stereocenters. The Kier molecular flexibility index (Phi) is 4.72. The van der Waals surface area contributed by atoms with Crippen LogP contribution in [-0.2, 0) is 7.05 Å². The number of hydrogen-bond donors (Lipinski definition) is 1. The number of nitrogens with one attached hydrogen (secondary N) is 1. The predicted molar refractivity (Wildman–Crippen MR) is 108 cm³/mol. The summed E-state index contributed by atoms with van der Waals surface area (Å²) in [5.74, 6) is 2.66. The number of aryl methyl sites for hydroxylation is 3. The molecule has 0 bridgehead atoms. The Balaban J connectivity index is 1.66. The Labute approximate surface area is 163 Å². The van der Waals surface area contributed by atoms with Crippen molar-refractivity contribution < 1.29 is 4.74 Å². The molecule has 28 heavy (non-hydrogen) atoms. The second-order valence-corrected chi connectivity index (χ2v) is 6.43. The number of ether oxygens (including phenoxy) is 1.